The minimum atomic E-state index is -2.40. The predicted octanol–water partition coefficient (Wildman–Crippen LogP) is 4.85. The summed E-state index contributed by atoms with van der Waals surface area (Å²) in [4.78, 5) is 57.3. The fourth-order valence-electron chi connectivity index (χ4n) is 9.09. The molecule has 2 saturated heterocycles. The van der Waals surface area contributed by atoms with Crippen molar-refractivity contribution >= 4 is 23.4 Å². The molecular weight excluding hydrogens is 694 g/mol. The molecule has 306 valence electrons. The summed E-state index contributed by atoms with van der Waals surface area (Å²) in [5.74, 6) is -6.98. The van der Waals surface area contributed by atoms with E-state index in [-0.39, 0.29) is 43.1 Å². The lowest BCUT2D eigenvalue weighted by Gasteiger charge is -2.45. The van der Waals surface area contributed by atoms with Gasteiger partial charge in [0.2, 0.25) is 5.79 Å². The van der Waals surface area contributed by atoms with Gasteiger partial charge in [0.15, 0.2) is 0 Å². The number of carbonyl (C=O) groups excluding carboxylic acids is 4. The molecule has 3 fully saturated rings. The van der Waals surface area contributed by atoms with Crippen LogP contribution in [0.3, 0.4) is 0 Å². The zero-order valence-corrected chi connectivity index (χ0v) is 33.8. The molecule has 0 aromatic carbocycles. The lowest BCUT2D eigenvalue weighted by molar-refractivity contribution is -0.287. The molecule has 4 aliphatic rings. The fraction of sp³-hybridized carbons (Fsp3) is 0.810. The monoisotopic (exact) mass is 761 g/mol. The highest BCUT2D eigenvalue weighted by atomic mass is 16.7. The number of esters is 1. The van der Waals surface area contributed by atoms with E-state index in [4.69, 9.17) is 18.9 Å². The Labute approximate surface area is 322 Å². The number of allylic oxidation sites excluding steroid dienone is 3. The minimum absolute atomic E-state index is 0.0123. The molecule has 0 aromatic heterocycles. The summed E-state index contributed by atoms with van der Waals surface area (Å²) in [6.45, 7) is 11.4. The summed E-state index contributed by atoms with van der Waals surface area (Å²) in [6.07, 6.45) is 5.79. The molecule has 2 bridgehead atoms. The number of hydrogen-bond donors (Lipinski definition) is 3. The van der Waals surface area contributed by atoms with Crippen LogP contribution in [-0.4, -0.2) is 113 Å². The van der Waals surface area contributed by atoms with Gasteiger partial charge in [0.1, 0.15) is 17.9 Å². The second-order valence-electron chi connectivity index (χ2n) is 16.8. The van der Waals surface area contributed by atoms with Crippen LogP contribution < -0.4 is 0 Å². The Kier molecular flexibility index (Phi) is 16.0. The minimum Gasteiger partial charge on any atom is -0.456 e. The fourth-order valence-corrected chi connectivity index (χ4v) is 9.09. The first kappa shape index (κ1) is 44.2. The summed E-state index contributed by atoms with van der Waals surface area (Å²) < 4.78 is 23.7. The number of rotatable bonds is 5. The van der Waals surface area contributed by atoms with Gasteiger partial charge in [0.25, 0.3) is 11.7 Å². The molecule has 1 aliphatic carbocycles. The molecule has 3 N–H and O–H groups in total. The smallest absolute Gasteiger partial charge is 0.329 e. The zero-order valence-electron chi connectivity index (χ0n) is 33.8. The van der Waals surface area contributed by atoms with Crippen molar-refractivity contribution in [3.63, 3.8) is 0 Å². The van der Waals surface area contributed by atoms with Crippen LogP contribution >= 0.6 is 0 Å². The molecule has 0 aromatic rings. The van der Waals surface area contributed by atoms with E-state index >= 15 is 0 Å². The Balaban J connectivity index is 1.73. The van der Waals surface area contributed by atoms with Crippen molar-refractivity contribution in [1.29, 1.82) is 0 Å². The van der Waals surface area contributed by atoms with Gasteiger partial charge in [-0.1, -0.05) is 45.4 Å². The molecule has 4 rings (SSSR count). The van der Waals surface area contributed by atoms with Crippen LogP contribution in [-0.2, 0) is 38.1 Å². The molecule has 3 heterocycles. The molecule has 54 heavy (non-hydrogen) atoms. The summed E-state index contributed by atoms with van der Waals surface area (Å²) in [5, 5.41) is 33.9. The van der Waals surface area contributed by atoms with Crippen molar-refractivity contribution in [1.82, 2.24) is 4.90 Å². The number of fused-ring (bicyclic) bond motifs is 3. The van der Waals surface area contributed by atoms with Gasteiger partial charge in [0, 0.05) is 44.9 Å². The molecular formula is C42H67NO11. The first-order valence-corrected chi connectivity index (χ1v) is 20.3. The summed E-state index contributed by atoms with van der Waals surface area (Å²) in [7, 11) is 3.13. The molecule has 1 amide bonds. The van der Waals surface area contributed by atoms with E-state index in [1.165, 1.54) is 4.90 Å². The molecule has 3 aliphatic heterocycles. The number of aliphatic hydroxyl groups is 3. The van der Waals surface area contributed by atoms with Crippen LogP contribution in [0.25, 0.3) is 0 Å². The Morgan fingerprint density at radius 3 is 2.31 bits per heavy atom. The van der Waals surface area contributed by atoms with E-state index in [9.17, 15) is 34.5 Å². The molecule has 1 unspecified atom stereocenters. The predicted molar refractivity (Wildman–Crippen MR) is 202 cm³/mol. The van der Waals surface area contributed by atoms with Crippen molar-refractivity contribution in [2.45, 2.75) is 167 Å². The van der Waals surface area contributed by atoms with Crippen molar-refractivity contribution in [3.8, 4) is 0 Å². The van der Waals surface area contributed by atoms with E-state index in [2.05, 4.69) is 6.92 Å². The first-order chi connectivity index (χ1) is 25.5. The van der Waals surface area contributed by atoms with Crippen LogP contribution in [0.5, 0.6) is 0 Å². The van der Waals surface area contributed by atoms with Crippen LogP contribution in [0.15, 0.2) is 23.3 Å². The molecule has 1 saturated carbocycles. The zero-order chi connectivity index (χ0) is 39.9. The quantitative estimate of drug-likeness (QED) is 0.199. The molecule has 12 heteroatoms. The van der Waals surface area contributed by atoms with Gasteiger partial charge in [0.05, 0.1) is 30.5 Å². The highest BCUT2D eigenvalue weighted by molar-refractivity contribution is 6.39. The van der Waals surface area contributed by atoms with Gasteiger partial charge in [-0.2, -0.15) is 0 Å². The van der Waals surface area contributed by atoms with E-state index in [1.54, 1.807) is 28.1 Å². The van der Waals surface area contributed by atoms with Crippen molar-refractivity contribution in [3.05, 3.63) is 23.3 Å². The lowest BCUT2D eigenvalue weighted by atomic mass is 9.81. The number of aliphatic hydroxyl groups excluding tert-OH is 2. The Morgan fingerprint density at radius 1 is 0.944 bits per heavy atom. The standard InChI is InChI=1S/C42H67NO11/c1-9-30-19-25(3)18-24(2)13-16-35-37(52-8)21-27(5)42(50,54-35)39(47)40(48)43-17-11-10-12-31(43)41(49)53-38(28(6)33(45)23-34(30)46)26(4)20-29-14-15-32(44)36(22-29)51-7/h19-20,24,27-33,35-38,44-45,50H,9-18,21-23H2,1-8H3/b25-19+,26-20+/t24-,27-,28-,29+,30-,31?,32-,33+,35-,36-,37+,38-,42-/m1/s1. The number of piperidine rings is 1. The average molecular weight is 762 g/mol. The maximum absolute atomic E-state index is 14.2. The number of amides is 1. The maximum atomic E-state index is 14.2. The van der Waals surface area contributed by atoms with E-state index < -0.39 is 77.8 Å². The molecule has 0 radical (unpaired) electrons. The summed E-state index contributed by atoms with van der Waals surface area (Å²) in [5.41, 5.74) is 1.72. The van der Waals surface area contributed by atoms with Crippen molar-refractivity contribution in [2.75, 3.05) is 20.8 Å². The molecule has 0 spiro atoms. The average Bonchev–Trinajstić information content (AvgIpc) is 3.15. The molecule has 13 atom stereocenters. The topological polar surface area (TPSA) is 169 Å². The SMILES string of the molecule is CC[C@@H]1/C=C(\C)C[C@H](C)CC[C@H]2O[C@@](O)(C(=O)C(=O)N3CCCCC3C(=O)O[C@H](/C(C)=C/[C@@H]3CC[C@@H](O)[C@H](OC)C3)[C@H](C)[C@@H](O)CC1=O)[C@H](C)C[C@@H]2OC. The number of Topliss-reactive ketones (excluding diaryl/α,β-unsaturated/α-hetero) is 2. The van der Waals surface area contributed by atoms with Crippen molar-refractivity contribution < 1.29 is 53.4 Å². The van der Waals surface area contributed by atoms with E-state index in [0.717, 1.165) is 5.57 Å². The first-order valence-electron chi connectivity index (χ1n) is 20.3. The van der Waals surface area contributed by atoms with Crippen LogP contribution in [0, 0.1) is 29.6 Å². The highest BCUT2D eigenvalue weighted by Gasteiger charge is 2.55. The van der Waals surface area contributed by atoms with Crippen molar-refractivity contribution in [2.24, 2.45) is 29.6 Å². The number of carbonyl (C=O) groups is 4. The van der Waals surface area contributed by atoms with Gasteiger partial charge in [-0.15, -0.1) is 0 Å². The van der Waals surface area contributed by atoms with Gasteiger partial charge in [-0.05, 0) is 102 Å². The second-order valence-corrected chi connectivity index (χ2v) is 16.8. The molecule has 12 nitrogen and oxygen atoms in total. The Bertz CT molecular complexity index is 1380. The third kappa shape index (κ3) is 10.5. The largest absolute Gasteiger partial charge is 0.456 e. The van der Waals surface area contributed by atoms with Crippen LogP contribution in [0.4, 0.5) is 0 Å². The van der Waals surface area contributed by atoms with Gasteiger partial charge in [-0.3, -0.25) is 14.4 Å². The highest BCUT2D eigenvalue weighted by Crippen LogP contribution is 2.38. The normalized spacial score (nSPS) is 41.3. The van der Waals surface area contributed by atoms with Gasteiger partial charge >= 0.3 is 5.97 Å². The number of cyclic esters (lactones) is 1. The van der Waals surface area contributed by atoms with E-state index in [1.807, 2.05) is 32.9 Å². The number of ether oxygens (including phenoxy) is 4. The maximum Gasteiger partial charge on any atom is 0.329 e. The van der Waals surface area contributed by atoms with E-state index in [0.29, 0.717) is 69.8 Å². The van der Waals surface area contributed by atoms with Gasteiger partial charge in [-0.25, -0.2) is 4.79 Å². The summed E-state index contributed by atoms with van der Waals surface area (Å²) >= 11 is 0. The van der Waals surface area contributed by atoms with Gasteiger partial charge < -0.3 is 39.2 Å². The number of ketones is 2. The van der Waals surface area contributed by atoms with Crippen LogP contribution in [0.1, 0.15) is 119 Å². The Morgan fingerprint density at radius 2 is 1.65 bits per heavy atom. The number of hydrogen-bond acceptors (Lipinski definition) is 11. The number of nitrogens with zero attached hydrogens (tertiary/aromatic N) is 1. The summed E-state index contributed by atoms with van der Waals surface area (Å²) in [6, 6.07) is -1.10. The third-order valence-electron chi connectivity index (χ3n) is 12.6. The Hall–Kier alpha value is -2.48. The van der Waals surface area contributed by atoms with Crippen LogP contribution in [0.2, 0.25) is 0 Å². The third-order valence-corrected chi connectivity index (χ3v) is 12.6. The number of methoxy groups -OCH3 is 2. The second kappa shape index (κ2) is 19.6. The lowest BCUT2D eigenvalue weighted by Crippen LogP contribution is -2.62.